The van der Waals surface area contributed by atoms with Gasteiger partial charge in [-0.3, -0.25) is 0 Å². The molecule has 0 aliphatic carbocycles. The number of nitrogens with one attached hydrogen (secondary N) is 2. The fourth-order valence-corrected chi connectivity index (χ4v) is 4.87. The van der Waals surface area contributed by atoms with Gasteiger partial charge in [0.05, 0.1) is 4.90 Å². The molecule has 0 saturated carbocycles. The van der Waals surface area contributed by atoms with Crippen LogP contribution >= 0.6 is 11.3 Å². The lowest BCUT2D eigenvalue weighted by Crippen LogP contribution is -2.40. The highest BCUT2D eigenvalue weighted by molar-refractivity contribution is 7.89. The summed E-state index contributed by atoms with van der Waals surface area (Å²) in [6, 6.07) is 1.68. The van der Waals surface area contributed by atoms with E-state index in [9.17, 15) is 8.42 Å². The van der Waals surface area contributed by atoms with E-state index in [-0.39, 0.29) is 5.41 Å². The highest BCUT2D eigenvalue weighted by Crippen LogP contribution is 2.23. The number of rotatable bonds is 9. The summed E-state index contributed by atoms with van der Waals surface area (Å²) in [6.45, 7) is 8.77. The van der Waals surface area contributed by atoms with E-state index in [1.54, 1.807) is 6.07 Å². The van der Waals surface area contributed by atoms with Crippen LogP contribution in [0.4, 0.5) is 0 Å². The summed E-state index contributed by atoms with van der Waals surface area (Å²) >= 11 is 1.47. The molecule has 2 N–H and O–H groups in total. The van der Waals surface area contributed by atoms with Crippen LogP contribution in [0, 0.1) is 5.41 Å². The van der Waals surface area contributed by atoms with Gasteiger partial charge in [-0.1, -0.05) is 20.8 Å². The van der Waals surface area contributed by atoms with Crippen molar-refractivity contribution in [2.24, 2.45) is 5.41 Å². The van der Waals surface area contributed by atoms with Gasteiger partial charge in [0.25, 0.3) is 0 Å². The molecule has 0 unspecified atom stereocenters. The average molecular weight is 334 g/mol. The zero-order valence-electron chi connectivity index (χ0n) is 13.6. The van der Waals surface area contributed by atoms with Crippen molar-refractivity contribution in [1.82, 2.24) is 14.9 Å². The van der Waals surface area contributed by atoms with Crippen molar-refractivity contribution >= 4 is 21.4 Å². The standard InChI is InChI=1S/C14H27N3O2S2/c1-6-15-9-12-13(7-8-20-12)21(18,19)16-10-14(2,3)11-17(4)5/h7-8,15-16H,6,9-11H2,1-5H3. The van der Waals surface area contributed by atoms with E-state index in [1.165, 1.54) is 11.3 Å². The maximum atomic E-state index is 12.5. The first kappa shape index (κ1) is 18.6. The summed E-state index contributed by atoms with van der Waals surface area (Å²) in [5.41, 5.74) is -0.117. The van der Waals surface area contributed by atoms with Crippen molar-refractivity contribution < 1.29 is 8.42 Å². The molecule has 122 valence electrons. The summed E-state index contributed by atoms with van der Waals surface area (Å²) in [7, 11) is 0.534. The molecule has 0 spiro atoms. The van der Waals surface area contributed by atoms with Crippen LogP contribution in [0.1, 0.15) is 25.6 Å². The number of hydrogen-bond donors (Lipinski definition) is 2. The molecule has 5 nitrogen and oxygen atoms in total. The molecular weight excluding hydrogens is 306 g/mol. The summed E-state index contributed by atoms with van der Waals surface area (Å²) in [6.07, 6.45) is 0. The molecule has 0 saturated heterocycles. The Labute approximate surface area is 132 Å². The predicted octanol–water partition coefficient (Wildman–Crippen LogP) is 1.72. The van der Waals surface area contributed by atoms with Crippen molar-refractivity contribution in [3.8, 4) is 0 Å². The van der Waals surface area contributed by atoms with Crippen LogP contribution in [0.5, 0.6) is 0 Å². The molecule has 0 fully saturated rings. The van der Waals surface area contributed by atoms with Crippen LogP contribution in [0.15, 0.2) is 16.3 Å². The molecule has 0 aliphatic heterocycles. The highest BCUT2D eigenvalue weighted by atomic mass is 32.2. The predicted molar refractivity (Wildman–Crippen MR) is 89.2 cm³/mol. The fourth-order valence-electron chi connectivity index (χ4n) is 2.22. The van der Waals surface area contributed by atoms with E-state index in [2.05, 4.69) is 28.8 Å². The van der Waals surface area contributed by atoms with E-state index >= 15 is 0 Å². The van der Waals surface area contributed by atoms with Crippen LogP contribution in [0.25, 0.3) is 0 Å². The largest absolute Gasteiger partial charge is 0.312 e. The van der Waals surface area contributed by atoms with Gasteiger partial charge in [0.2, 0.25) is 10.0 Å². The smallest absolute Gasteiger partial charge is 0.241 e. The van der Waals surface area contributed by atoms with Gasteiger partial charge < -0.3 is 10.2 Å². The zero-order valence-corrected chi connectivity index (χ0v) is 15.2. The van der Waals surface area contributed by atoms with Gasteiger partial charge in [0.15, 0.2) is 0 Å². The first-order valence-corrected chi connectivity index (χ1v) is 9.46. The number of hydrogen-bond acceptors (Lipinski definition) is 5. The minimum atomic E-state index is -3.45. The van der Waals surface area contributed by atoms with Crippen molar-refractivity contribution in [3.63, 3.8) is 0 Å². The third-order valence-electron chi connectivity index (χ3n) is 3.01. The molecule has 0 atom stereocenters. The van der Waals surface area contributed by atoms with Crippen LogP contribution in [0.2, 0.25) is 0 Å². The second-order valence-electron chi connectivity index (χ2n) is 6.21. The first-order chi connectivity index (χ1) is 9.68. The molecule has 1 heterocycles. The topological polar surface area (TPSA) is 61.4 Å². The molecule has 0 aromatic carbocycles. The van der Waals surface area contributed by atoms with Gasteiger partial charge in [-0.15, -0.1) is 11.3 Å². The van der Waals surface area contributed by atoms with Crippen molar-refractivity contribution in [3.05, 3.63) is 16.3 Å². The monoisotopic (exact) mass is 333 g/mol. The van der Waals surface area contributed by atoms with E-state index in [4.69, 9.17) is 0 Å². The summed E-state index contributed by atoms with van der Waals surface area (Å²) in [5, 5.41) is 5.00. The van der Waals surface area contributed by atoms with Crippen molar-refractivity contribution in [1.29, 1.82) is 0 Å². The molecule has 0 amide bonds. The normalized spacial score (nSPS) is 13.0. The maximum absolute atomic E-state index is 12.5. The van der Waals surface area contributed by atoms with Gasteiger partial charge in [-0.2, -0.15) is 0 Å². The molecule has 1 aromatic rings. The molecule has 1 rings (SSSR count). The molecule has 7 heteroatoms. The van der Waals surface area contributed by atoms with Gasteiger partial charge >= 0.3 is 0 Å². The molecular formula is C14H27N3O2S2. The SMILES string of the molecule is CCNCc1sccc1S(=O)(=O)NCC(C)(C)CN(C)C. The zero-order chi connectivity index (χ0) is 16.1. The summed E-state index contributed by atoms with van der Waals surface area (Å²) in [5.74, 6) is 0. The van der Waals surface area contributed by atoms with Gasteiger partial charge in [-0.25, -0.2) is 13.1 Å². The van der Waals surface area contributed by atoms with Crippen LogP contribution in [-0.2, 0) is 16.6 Å². The third-order valence-corrected chi connectivity index (χ3v) is 5.55. The minimum absolute atomic E-state index is 0.117. The van der Waals surface area contributed by atoms with Crippen LogP contribution in [0.3, 0.4) is 0 Å². The fraction of sp³-hybridized carbons (Fsp3) is 0.714. The lowest BCUT2D eigenvalue weighted by atomic mass is 9.93. The van der Waals surface area contributed by atoms with Gasteiger partial charge in [0, 0.05) is 24.5 Å². The molecule has 0 aliphatic rings. The van der Waals surface area contributed by atoms with Gasteiger partial charge in [-0.05, 0) is 37.5 Å². The summed E-state index contributed by atoms with van der Waals surface area (Å²) in [4.78, 5) is 3.32. The quantitative estimate of drug-likeness (QED) is 0.722. The Balaban J connectivity index is 2.76. The van der Waals surface area contributed by atoms with Crippen molar-refractivity contribution in [2.45, 2.75) is 32.2 Å². The Hall–Kier alpha value is -0.470. The Morgan fingerprint density at radius 2 is 2.00 bits per heavy atom. The third kappa shape index (κ3) is 6.04. The van der Waals surface area contributed by atoms with Crippen LogP contribution in [-0.4, -0.2) is 47.0 Å². The van der Waals surface area contributed by atoms with E-state index in [0.29, 0.717) is 18.0 Å². The lowest BCUT2D eigenvalue weighted by molar-refractivity contribution is 0.242. The maximum Gasteiger partial charge on any atom is 0.241 e. The second-order valence-corrected chi connectivity index (χ2v) is 8.95. The van der Waals surface area contributed by atoms with E-state index < -0.39 is 10.0 Å². The highest BCUT2D eigenvalue weighted by Gasteiger charge is 2.25. The Kier molecular flexibility index (Phi) is 6.80. The minimum Gasteiger partial charge on any atom is -0.312 e. The molecule has 0 radical (unpaired) electrons. The average Bonchev–Trinajstić information content (AvgIpc) is 2.82. The van der Waals surface area contributed by atoms with Crippen LogP contribution < -0.4 is 10.0 Å². The Morgan fingerprint density at radius 3 is 2.57 bits per heavy atom. The molecule has 1 aromatic heterocycles. The van der Waals surface area contributed by atoms with E-state index in [1.807, 2.05) is 26.4 Å². The second kappa shape index (κ2) is 7.69. The summed E-state index contributed by atoms with van der Waals surface area (Å²) < 4.78 is 27.7. The first-order valence-electron chi connectivity index (χ1n) is 7.09. The number of sulfonamides is 1. The Morgan fingerprint density at radius 1 is 1.33 bits per heavy atom. The lowest BCUT2D eigenvalue weighted by Gasteiger charge is -2.28. The molecule has 0 bridgehead atoms. The van der Waals surface area contributed by atoms with Gasteiger partial charge in [0.1, 0.15) is 0 Å². The number of nitrogens with zero attached hydrogens (tertiary/aromatic N) is 1. The Bertz CT molecular complexity index is 536. The van der Waals surface area contributed by atoms with Crippen molar-refractivity contribution in [2.75, 3.05) is 33.7 Å². The molecule has 21 heavy (non-hydrogen) atoms. The van der Waals surface area contributed by atoms with E-state index in [0.717, 1.165) is 18.0 Å². The number of thiophene rings is 1.